The van der Waals surface area contributed by atoms with E-state index in [1.54, 1.807) is 7.05 Å². The van der Waals surface area contributed by atoms with Crippen molar-refractivity contribution in [2.24, 2.45) is 0 Å². The highest BCUT2D eigenvalue weighted by molar-refractivity contribution is 5.34. The second-order valence-electron chi connectivity index (χ2n) is 4.28. The summed E-state index contributed by atoms with van der Waals surface area (Å²) in [5.74, 6) is -0.789. The Morgan fingerprint density at radius 3 is 2.29 bits per heavy atom. The molecular formula is C14H12F4N2O. The summed E-state index contributed by atoms with van der Waals surface area (Å²) in [5, 5.41) is 2.96. The van der Waals surface area contributed by atoms with Crippen LogP contribution in [0.5, 0.6) is 5.75 Å². The van der Waals surface area contributed by atoms with Crippen molar-refractivity contribution in [1.82, 2.24) is 10.3 Å². The van der Waals surface area contributed by atoms with Crippen LogP contribution in [0.4, 0.5) is 17.6 Å². The van der Waals surface area contributed by atoms with Gasteiger partial charge in [-0.2, -0.15) is 0 Å². The van der Waals surface area contributed by atoms with Gasteiger partial charge in [-0.25, -0.2) is 4.39 Å². The largest absolute Gasteiger partial charge is 0.573 e. The van der Waals surface area contributed by atoms with Gasteiger partial charge in [0.15, 0.2) is 0 Å². The molecule has 0 aliphatic carbocycles. The van der Waals surface area contributed by atoms with Crippen molar-refractivity contribution in [2.75, 3.05) is 7.05 Å². The van der Waals surface area contributed by atoms with E-state index in [1.807, 2.05) is 0 Å². The lowest BCUT2D eigenvalue weighted by Gasteiger charge is -2.17. The number of hydrogen-bond donors (Lipinski definition) is 1. The van der Waals surface area contributed by atoms with E-state index in [0.29, 0.717) is 11.1 Å². The summed E-state index contributed by atoms with van der Waals surface area (Å²) >= 11 is 0. The number of halogens is 4. The van der Waals surface area contributed by atoms with Crippen LogP contribution in [0, 0.1) is 5.82 Å². The topological polar surface area (TPSA) is 34.1 Å². The molecule has 1 atom stereocenters. The van der Waals surface area contributed by atoms with Crippen molar-refractivity contribution in [3.8, 4) is 5.75 Å². The third-order valence-electron chi connectivity index (χ3n) is 2.80. The van der Waals surface area contributed by atoms with Crippen LogP contribution in [0.1, 0.15) is 17.2 Å². The second kappa shape index (κ2) is 6.09. The Labute approximate surface area is 118 Å². The molecule has 1 unspecified atom stereocenters. The van der Waals surface area contributed by atoms with Crippen molar-refractivity contribution in [1.29, 1.82) is 0 Å². The minimum absolute atomic E-state index is 0.307. The van der Waals surface area contributed by atoms with Gasteiger partial charge < -0.3 is 10.1 Å². The lowest BCUT2D eigenvalue weighted by molar-refractivity contribution is -0.274. The molecule has 0 aliphatic rings. The Morgan fingerprint density at radius 2 is 1.76 bits per heavy atom. The molecule has 0 bridgehead atoms. The van der Waals surface area contributed by atoms with Crippen molar-refractivity contribution in [2.45, 2.75) is 12.4 Å². The van der Waals surface area contributed by atoms with Gasteiger partial charge in [-0.1, -0.05) is 12.1 Å². The zero-order valence-electron chi connectivity index (χ0n) is 11.0. The maximum absolute atomic E-state index is 13.2. The zero-order chi connectivity index (χ0) is 15.5. The van der Waals surface area contributed by atoms with E-state index < -0.39 is 12.2 Å². The Kier molecular flexibility index (Phi) is 4.42. The maximum Gasteiger partial charge on any atom is 0.573 e. The SMILES string of the molecule is CNC(c1ccc(OC(F)(F)F)cc1)c1cncc(F)c1. The van der Waals surface area contributed by atoms with Crippen LogP contribution in [0.2, 0.25) is 0 Å². The molecule has 0 radical (unpaired) electrons. The molecule has 1 aromatic carbocycles. The molecule has 2 aromatic rings. The Morgan fingerprint density at radius 1 is 1.10 bits per heavy atom. The molecule has 0 spiro atoms. The average Bonchev–Trinajstić information content (AvgIpc) is 2.40. The highest BCUT2D eigenvalue weighted by Crippen LogP contribution is 2.26. The van der Waals surface area contributed by atoms with Gasteiger partial charge in [-0.15, -0.1) is 13.2 Å². The molecule has 0 aliphatic heterocycles. The summed E-state index contributed by atoms with van der Waals surface area (Å²) in [6, 6.07) is 6.31. The summed E-state index contributed by atoms with van der Waals surface area (Å²) in [6.07, 6.45) is -2.16. The minimum atomic E-state index is -4.73. The van der Waals surface area contributed by atoms with Crippen molar-refractivity contribution in [3.63, 3.8) is 0 Å². The van der Waals surface area contributed by atoms with E-state index in [2.05, 4.69) is 15.0 Å². The van der Waals surface area contributed by atoms with Gasteiger partial charge in [0, 0.05) is 6.20 Å². The average molecular weight is 300 g/mol. The van der Waals surface area contributed by atoms with Crippen molar-refractivity contribution in [3.05, 3.63) is 59.7 Å². The number of nitrogens with zero attached hydrogens (tertiary/aromatic N) is 1. The third-order valence-corrected chi connectivity index (χ3v) is 2.80. The molecule has 7 heteroatoms. The molecule has 2 rings (SSSR count). The fraction of sp³-hybridized carbons (Fsp3) is 0.214. The molecule has 3 nitrogen and oxygen atoms in total. The lowest BCUT2D eigenvalue weighted by Crippen LogP contribution is -2.19. The summed E-state index contributed by atoms with van der Waals surface area (Å²) in [6.45, 7) is 0. The van der Waals surface area contributed by atoms with Gasteiger partial charge in [0.05, 0.1) is 12.2 Å². The molecule has 1 aromatic heterocycles. The maximum atomic E-state index is 13.2. The van der Waals surface area contributed by atoms with E-state index in [-0.39, 0.29) is 11.8 Å². The van der Waals surface area contributed by atoms with Gasteiger partial charge >= 0.3 is 6.36 Å². The van der Waals surface area contributed by atoms with Gasteiger partial charge in [0.2, 0.25) is 0 Å². The Balaban J connectivity index is 2.23. The molecular weight excluding hydrogens is 288 g/mol. The van der Waals surface area contributed by atoms with E-state index >= 15 is 0 Å². The number of ether oxygens (including phenoxy) is 1. The quantitative estimate of drug-likeness (QED) is 0.878. The summed E-state index contributed by atoms with van der Waals surface area (Å²) in [7, 11) is 1.66. The number of aromatic nitrogens is 1. The van der Waals surface area contributed by atoms with Crippen molar-refractivity contribution < 1.29 is 22.3 Å². The number of hydrogen-bond acceptors (Lipinski definition) is 3. The molecule has 1 heterocycles. The summed E-state index contributed by atoms with van der Waals surface area (Å²) in [4.78, 5) is 3.76. The van der Waals surface area contributed by atoms with Crippen LogP contribution in [-0.2, 0) is 0 Å². The molecule has 21 heavy (non-hydrogen) atoms. The number of pyridine rings is 1. The van der Waals surface area contributed by atoms with Crippen LogP contribution in [0.15, 0.2) is 42.7 Å². The van der Waals surface area contributed by atoms with Gasteiger partial charge in [-0.05, 0) is 36.4 Å². The predicted molar refractivity (Wildman–Crippen MR) is 68.2 cm³/mol. The van der Waals surface area contributed by atoms with Crippen LogP contribution in [-0.4, -0.2) is 18.4 Å². The highest BCUT2D eigenvalue weighted by atomic mass is 19.4. The minimum Gasteiger partial charge on any atom is -0.406 e. The zero-order valence-corrected chi connectivity index (χ0v) is 11.0. The van der Waals surface area contributed by atoms with Gasteiger partial charge in [0.25, 0.3) is 0 Å². The van der Waals surface area contributed by atoms with Crippen LogP contribution in [0.25, 0.3) is 0 Å². The van der Waals surface area contributed by atoms with E-state index in [9.17, 15) is 17.6 Å². The number of rotatable bonds is 4. The van der Waals surface area contributed by atoms with Crippen LogP contribution < -0.4 is 10.1 Å². The van der Waals surface area contributed by atoms with Gasteiger partial charge in [-0.3, -0.25) is 4.98 Å². The summed E-state index contributed by atoms with van der Waals surface area (Å²) in [5.41, 5.74) is 1.24. The predicted octanol–water partition coefficient (Wildman–Crippen LogP) is 3.43. The third kappa shape index (κ3) is 4.16. The fourth-order valence-electron chi connectivity index (χ4n) is 1.97. The molecule has 0 fully saturated rings. The first kappa shape index (κ1) is 15.2. The molecule has 1 N–H and O–H groups in total. The number of benzene rings is 1. The van der Waals surface area contributed by atoms with E-state index in [4.69, 9.17) is 0 Å². The molecule has 112 valence electrons. The summed E-state index contributed by atoms with van der Waals surface area (Å²) < 4.78 is 53.3. The van der Waals surface area contributed by atoms with E-state index in [0.717, 1.165) is 6.20 Å². The normalized spacial score (nSPS) is 13.0. The smallest absolute Gasteiger partial charge is 0.406 e. The Hall–Kier alpha value is -2.15. The van der Waals surface area contributed by atoms with Gasteiger partial charge in [0.1, 0.15) is 11.6 Å². The second-order valence-corrected chi connectivity index (χ2v) is 4.28. The lowest BCUT2D eigenvalue weighted by atomic mass is 10.0. The Bertz CT molecular complexity index is 599. The fourth-order valence-corrected chi connectivity index (χ4v) is 1.97. The first-order chi connectivity index (χ1) is 9.89. The van der Waals surface area contributed by atoms with Crippen LogP contribution >= 0.6 is 0 Å². The first-order valence-electron chi connectivity index (χ1n) is 6.02. The first-order valence-corrected chi connectivity index (χ1v) is 6.02. The van der Waals surface area contributed by atoms with Crippen LogP contribution in [0.3, 0.4) is 0 Å². The van der Waals surface area contributed by atoms with E-state index in [1.165, 1.54) is 36.5 Å². The number of alkyl halides is 3. The molecule has 0 amide bonds. The molecule has 0 saturated carbocycles. The number of nitrogens with one attached hydrogen (secondary N) is 1. The van der Waals surface area contributed by atoms with Crippen molar-refractivity contribution >= 4 is 0 Å². The highest BCUT2D eigenvalue weighted by Gasteiger charge is 2.31. The standard InChI is InChI=1S/C14H12F4N2O/c1-19-13(10-6-11(15)8-20-7-10)9-2-4-12(5-3-9)21-14(16,17)18/h2-8,13,19H,1H3. The molecule has 0 saturated heterocycles. The monoisotopic (exact) mass is 300 g/mol.